The molecule has 126 heavy (non-hydrogen) atoms. The van der Waals surface area contributed by atoms with Gasteiger partial charge in [-0.1, -0.05) is 86.3 Å². The van der Waals surface area contributed by atoms with Gasteiger partial charge in [0.2, 0.25) is 5.91 Å². The quantitative estimate of drug-likeness (QED) is 0.0322. The zero-order valence-electron chi connectivity index (χ0n) is 70.3. The number of likely N-dealkylation sites (tertiary alicyclic amines) is 1. The number of anilines is 2. The molecule has 30 nitrogen and oxygen atoms in total. The summed E-state index contributed by atoms with van der Waals surface area (Å²) in [4.78, 5) is 88.2. The third kappa shape index (κ3) is 20.5. The summed E-state index contributed by atoms with van der Waals surface area (Å²) >= 11 is 12.5. The van der Waals surface area contributed by atoms with Crippen molar-refractivity contribution in [1.82, 2.24) is 44.1 Å². The van der Waals surface area contributed by atoms with Crippen LogP contribution in [0.1, 0.15) is 122 Å². The number of carbonyl (C=O) groups excluding carboxylic acids is 3. The van der Waals surface area contributed by atoms with E-state index < -0.39 is 78.6 Å². The highest BCUT2D eigenvalue weighted by atomic mass is 35.5. The van der Waals surface area contributed by atoms with Crippen LogP contribution in [0, 0.1) is 42.9 Å². The van der Waals surface area contributed by atoms with E-state index in [-0.39, 0.29) is 99.7 Å². The van der Waals surface area contributed by atoms with E-state index in [9.17, 15) is 59.9 Å². The number of H-pyrrole nitrogens is 2. The number of carbonyl (C=O) groups is 3. The molecule has 0 bridgehead atoms. The zero-order valence-corrected chi connectivity index (χ0v) is 74.3. The summed E-state index contributed by atoms with van der Waals surface area (Å²) in [6.45, 7) is 18.1. The molecule has 0 spiro atoms. The number of allylic oxidation sites excluding steroid dienone is 2. The van der Waals surface area contributed by atoms with Crippen molar-refractivity contribution < 1.29 is 68.4 Å². The Bertz CT molecular complexity index is 6360. The number of piperazine rings is 2. The van der Waals surface area contributed by atoms with Gasteiger partial charge in [-0.15, -0.1) is 0 Å². The molecular weight excluding hydrogens is 1710 g/mol. The molecule has 2 aliphatic carbocycles. The number of nitro groups is 2. The second kappa shape index (κ2) is 36.1. The maximum atomic E-state index is 14.0. The lowest BCUT2D eigenvalue weighted by atomic mass is 9.72. The number of aromatic nitrogens is 4. The first-order valence-corrected chi connectivity index (χ1v) is 47.7. The van der Waals surface area contributed by atoms with Crippen LogP contribution in [0.3, 0.4) is 0 Å². The van der Waals surface area contributed by atoms with Crippen molar-refractivity contribution in [3.05, 3.63) is 233 Å². The lowest BCUT2D eigenvalue weighted by Crippen LogP contribution is -2.47. The molecule has 0 unspecified atom stereocenters. The molecule has 5 aliphatic heterocycles. The van der Waals surface area contributed by atoms with E-state index in [0.29, 0.717) is 73.5 Å². The maximum absolute atomic E-state index is 14.0. The minimum absolute atomic E-state index is 0.00126. The number of sulfone groups is 1. The van der Waals surface area contributed by atoms with Crippen LogP contribution in [0.5, 0.6) is 34.5 Å². The molecule has 2 atom stereocenters. The summed E-state index contributed by atoms with van der Waals surface area (Å²) in [6, 6.07) is 37.5. The lowest BCUT2D eigenvalue weighted by molar-refractivity contribution is -0.386. The first-order valence-electron chi connectivity index (χ1n) is 41.9. The molecule has 17 rings (SSSR count). The number of nitro benzene ring substituents is 2. The number of hydrogen-bond acceptors (Lipinski definition) is 23. The van der Waals surface area contributed by atoms with E-state index in [1.807, 2.05) is 36.4 Å². The van der Waals surface area contributed by atoms with Gasteiger partial charge in [-0.25, -0.2) is 44.7 Å². The largest absolute Gasteiger partial charge is 0.493 e. The fourth-order valence-corrected chi connectivity index (χ4v) is 21.2. The van der Waals surface area contributed by atoms with Gasteiger partial charge in [0.1, 0.15) is 55.6 Å². The number of hydrogen-bond donors (Lipinski definition) is 4. The highest BCUT2D eigenvalue weighted by molar-refractivity contribution is 7.91. The Balaban J connectivity index is 0.000000186. The SMILES string of the molecule is CC1(C)CCC(CN2CCN(c3ccc(C(=O)NS(=O)(=O)c4cc5c(c([N+](=O)[O-])c4)C[C@@H](CN4CCCC4=O)CO5)c(Oc4cnc5[nH]ccc5c4)c3)CC2)=C(c2ccc(Cl)cc2)C1.CC1(C)CCC(CN2CCN(c3ccc(C(=O)NS(=O)(=O)c4cc5c(c([N+](=O)[O-])c4)C[C@@H](CS(C)(=O)=O)CO5)c(Oc4cnc5[nH]ccc5c4)c3)CC2)=C(c2ccc(Cl)cc2)C1. The van der Waals surface area contributed by atoms with Gasteiger partial charge in [-0.2, -0.15) is 0 Å². The third-order valence-electron chi connectivity index (χ3n) is 24.6. The van der Waals surface area contributed by atoms with Crippen LogP contribution in [-0.4, -0.2) is 191 Å². The van der Waals surface area contributed by atoms with Gasteiger partial charge in [0.15, 0.2) is 0 Å². The Morgan fingerprint density at radius 1 is 0.556 bits per heavy atom. The van der Waals surface area contributed by atoms with Crippen molar-refractivity contribution >= 4 is 127 Å². The van der Waals surface area contributed by atoms with Gasteiger partial charge in [-0.3, -0.25) is 44.4 Å². The second-order valence-corrected chi connectivity index (χ2v) is 41.6. The molecule has 3 fully saturated rings. The van der Waals surface area contributed by atoms with E-state index in [1.54, 1.807) is 53.7 Å². The Kier molecular flexibility index (Phi) is 25.2. The zero-order chi connectivity index (χ0) is 88.7. The van der Waals surface area contributed by atoms with E-state index in [2.05, 4.69) is 101 Å². The number of halogens is 2. The van der Waals surface area contributed by atoms with Crippen LogP contribution < -0.4 is 38.2 Å². The number of nitrogens with zero attached hydrogens (tertiary/aromatic N) is 9. The Morgan fingerprint density at radius 3 is 1.40 bits per heavy atom. The molecule has 3 saturated heterocycles. The Morgan fingerprint density at radius 2 is 0.984 bits per heavy atom. The van der Waals surface area contributed by atoms with Crippen LogP contribution >= 0.6 is 23.2 Å². The number of ether oxygens (including phenoxy) is 4. The normalized spacial score (nSPS) is 18.7. The first-order chi connectivity index (χ1) is 60.1. The van der Waals surface area contributed by atoms with E-state index in [1.165, 1.54) is 64.0 Å². The molecule has 0 radical (unpaired) electrons. The standard InChI is InChI=1S/C47H50ClN7O8S.C44H47ClN6O9S2/c1-47(2)13-11-33(40(25-47)31-5-7-34(48)8-6-31)28-52-16-18-53(19-17-52)35-9-10-38(43(22-35)63-36-21-32-12-14-49-45(32)50-26-36)46(57)51-64(60,61)37-23-41(55(58)59)39-20-30(29-62-42(39)24-37)27-54-15-3-4-44(54)56;1-44(2)12-10-31(38(23-44)29-4-6-32(45)7-5-29)25-49-14-16-50(17-15-49)33-8-9-36(41(20-33)60-34-19-30-11-13-46-42(30)47-24-34)43(52)48-62(57,58)35-21-39(51(53)54)37-18-28(27-61(3,55)56)26-59-40(37)22-35/h5-10,12,14,21-24,26,30H,3-4,11,13,15-20,25,27-29H2,1-2H3,(H,49,50)(H,51,57);4-9,11,13,19-22,24,28H,10,12,14-18,23,25-27H2,1-3H3,(H,46,47)(H,48,52)/t30-;28-/m01/s1. The van der Waals surface area contributed by atoms with Crippen molar-refractivity contribution in [2.75, 3.05) is 114 Å². The van der Waals surface area contributed by atoms with Crippen LogP contribution in [-0.2, 0) is 47.5 Å². The number of nitrogens with one attached hydrogen (secondary N) is 4. The van der Waals surface area contributed by atoms with Crippen LogP contribution in [0.25, 0.3) is 33.2 Å². The number of amides is 3. The molecule has 35 heteroatoms. The van der Waals surface area contributed by atoms with Gasteiger partial charge in [0, 0.05) is 184 Å². The summed E-state index contributed by atoms with van der Waals surface area (Å²) in [5.74, 6) is -2.17. The number of sulfonamides is 2. The van der Waals surface area contributed by atoms with Gasteiger partial charge >= 0.3 is 0 Å². The summed E-state index contributed by atoms with van der Waals surface area (Å²) in [6.07, 6.45) is 15.3. The molecule has 0 saturated carbocycles. The van der Waals surface area contributed by atoms with Crippen molar-refractivity contribution in [1.29, 1.82) is 0 Å². The van der Waals surface area contributed by atoms with Crippen molar-refractivity contribution in [2.45, 2.75) is 102 Å². The molecular formula is C91H97Cl2N13O17S3. The highest BCUT2D eigenvalue weighted by Gasteiger charge is 2.39. The summed E-state index contributed by atoms with van der Waals surface area (Å²) in [5.41, 5.74) is 10.6. The summed E-state index contributed by atoms with van der Waals surface area (Å²) in [7, 11) is -12.8. The average Bonchev–Trinajstić information content (AvgIpc) is 0.851. The highest BCUT2D eigenvalue weighted by Crippen LogP contribution is 2.47. The average molecular weight is 1810 g/mol. The molecule has 7 aliphatic rings. The summed E-state index contributed by atoms with van der Waals surface area (Å²) < 4.78 is 108. The van der Waals surface area contributed by atoms with Crippen LogP contribution in [0.2, 0.25) is 10.0 Å². The fraction of sp³-hybridized carbons (Fsp3) is 0.374. The van der Waals surface area contributed by atoms with Crippen molar-refractivity contribution in [2.24, 2.45) is 22.7 Å². The smallest absolute Gasteiger partial charge is 0.277 e. The minimum Gasteiger partial charge on any atom is -0.493 e. The number of fused-ring (bicyclic) bond motifs is 4. The summed E-state index contributed by atoms with van der Waals surface area (Å²) in [5, 5.41) is 27.4. The third-order valence-corrected chi connectivity index (χ3v) is 28.8. The fourth-order valence-electron chi connectivity index (χ4n) is 17.9. The van der Waals surface area contributed by atoms with Gasteiger partial charge in [-0.05, 0) is 164 Å². The molecule has 3 amide bonds. The molecule has 660 valence electrons. The molecule has 10 aromatic rings. The predicted octanol–water partition coefficient (Wildman–Crippen LogP) is 15.4. The van der Waals surface area contributed by atoms with Gasteiger partial charge in [0.05, 0.1) is 73.3 Å². The number of pyridine rings is 2. The van der Waals surface area contributed by atoms with E-state index >= 15 is 0 Å². The number of rotatable bonds is 24. The van der Waals surface area contributed by atoms with E-state index in [0.717, 1.165) is 136 Å². The Labute approximate surface area is 739 Å². The predicted molar refractivity (Wildman–Crippen MR) is 481 cm³/mol. The molecule has 4 N–H and O–H groups in total. The Hall–Kier alpha value is -11.5. The topological polar surface area (TPSA) is 374 Å². The van der Waals surface area contributed by atoms with Gasteiger partial charge < -0.3 is 43.6 Å². The minimum atomic E-state index is -4.71. The maximum Gasteiger partial charge on any atom is 0.277 e. The van der Waals surface area contributed by atoms with Crippen molar-refractivity contribution in [3.63, 3.8) is 0 Å². The van der Waals surface area contributed by atoms with Crippen LogP contribution in [0.4, 0.5) is 22.7 Å². The van der Waals surface area contributed by atoms with E-state index in [4.69, 9.17) is 42.1 Å². The van der Waals surface area contributed by atoms with Gasteiger partial charge in [0.25, 0.3) is 43.2 Å². The molecule has 9 heterocycles. The number of benzene rings is 6. The monoisotopic (exact) mass is 1810 g/mol. The first kappa shape index (κ1) is 88.0. The number of aromatic amines is 2. The molecule has 6 aromatic carbocycles. The van der Waals surface area contributed by atoms with Crippen LogP contribution in [0.15, 0.2) is 179 Å². The lowest BCUT2D eigenvalue weighted by Gasteiger charge is -2.39. The second-order valence-electron chi connectivity index (χ2n) is 35.1. The molecule has 4 aromatic heterocycles. The van der Waals surface area contributed by atoms with Crippen molar-refractivity contribution in [3.8, 4) is 34.5 Å².